The number of aromatic nitrogens is 2. The molecular weight excluding hydrogens is 302 g/mol. The number of pyridine rings is 2. The van der Waals surface area contributed by atoms with Crippen LogP contribution in [0.5, 0.6) is 0 Å². The molecule has 0 saturated carbocycles. The fraction of sp³-hybridized carbons (Fsp3) is 0. The molecule has 2 aromatic heterocycles. The molecule has 0 amide bonds. The van der Waals surface area contributed by atoms with Crippen molar-refractivity contribution in [3.05, 3.63) is 62.7 Å². The van der Waals surface area contributed by atoms with Crippen molar-refractivity contribution in [3.63, 3.8) is 0 Å². The highest BCUT2D eigenvalue weighted by Gasteiger charge is 2.14. The van der Waals surface area contributed by atoms with Gasteiger partial charge in [-0.3, -0.25) is 4.79 Å². The van der Waals surface area contributed by atoms with Crippen molar-refractivity contribution in [3.8, 4) is 11.1 Å². The van der Waals surface area contributed by atoms with Gasteiger partial charge in [0.1, 0.15) is 11.5 Å². The van der Waals surface area contributed by atoms with Crippen LogP contribution in [0.15, 0.2) is 41.3 Å². The third kappa shape index (κ3) is 2.17. The van der Waals surface area contributed by atoms with Crippen molar-refractivity contribution >= 4 is 34.2 Å². The largest absolute Gasteiger partial charge is 0.307 e. The fourth-order valence-electron chi connectivity index (χ4n) is 2.08. The summed E-state index contributed by atoms with van der Waals surface area (Å²) in [4.78, 5) is 18.0. The summed E-state index contributed by atoms with van der Waals surface area (Å²) in [6.45, 7) is 0. The maximum atomic E-state index is 13.3. The molecule has 0 bridgehead atoms. The molecule has 0 fully saturated rings. The number of hydrogen-bond acceptors (Lipinski definition) is 2. The number of fused-ring (bicyclic) bond motifs is 1. The number of halogens is 3. The van der Waals surface area contributed by atoms with E-state index in [9.17, 15) is 9.18 Å². The minimum Gasteiger partial charge on any atom is -0.307 e. The van der Waals surface area contributed by atoms with Gasteiger partial charge in [0.05, 0.1) is 10.0 Å². The van der Waals surface area contributed by atoms with Gasteiger partial charge in [-0.25, -0.2) is 9.37 Å². The normalized spacial score (nSPS) is 10.9. The lowest BCUT2D eigenvalue weighted by atomic mass is 10.0. The Morgan fingerprint density at radius 1 is 1.10 bits per heavy atom. The number of rotatable bonds is 1. The standard InChI is InChI=1S/C14H7Cl2FN2O/c15-10-5-7(17)6-11(16)13(10)8-3-4-18-14-9(8)1-2-12(20)19-14/h1-6H,(H,18,19,20). The molecular formula is C14H7Cl2FN2O. The Balaban J connectivity index is 2.39. The van der Waals surface area contributed by atoms with E-state index in [0.717, 1.165) is 0 Å². The number of benzene rings is 1. The van der Waals surface area contributed by atoms with E-state index in [4.69, 9.17) is 23.2 Å². The van der Waals surface area contributed by atoms with Crippen molar-refractivity contribution < 1.29 is 4.39 Å². The van der Waals surface area contributed by atoms with Gasteiger partial charge in [0.2, 0.25) is 5.56 Å². The molecule has 2 heterocycles. The second-order valence-corrected chi connectivity index (χ2v) is 5.00. The predicted molar refractivity (Wildman–Crippen MR) is 77.8 cm³/mol. The molecule has 100 valence electrons. The summed E-state index contributed by atoms with van der Waals surface area (Å²) in [7, 11) is 0. The second-order valence-electron chi connectivity index (χ2n) is 4.19. The van der Waals surface area contributed by atoms with Crippen LogP contribution in [0.1, 0.15) is 0 Å². The molecule has 1 N–H and O–H groups in total. The summed E-state index contributed by atoms with van der Waals surface area (Å²) in [6, 6.07) is 7.12. The zero-order chi connectivity index (χ0) is 14.3. The molecule has 0 unspecified atom stereocenters. The molecule has 3 rings (SSSR count). The Bertz CT molecular complexity index is 853. The molecule has 6 heteroatoms. The van der Waals surface area contributed by atoms with Crippen LogP contribution in [0.3, 0.4) is 0 Å². The van der Waals surface area contributed by atoms with E-state index in [1.54, 1.807) is 12.1 Å². The molecule has 20 heavy (non-hydrogen) atoms. The van der Waals surface area contributed by atoms with Gasteiger partial charge in [-0.2, -0.15) is 0 Å². The molecule has 0 atom stereocenters. The monoisotopic (exact) mass is 308 g/mol. The fourth-order valence-corrected chi connectivity index (χ4v) is 2.74. The Morgan fingerprint density at radius 2 is 1.80 bits per heavy atom. The first-order valence-electron chi connectivity index (χ1n) is 5.69. The van der Waals surface area contributed by atoms with Crippen molar-refractivity contribution in [1.82, 2.24) is 9.97 Å². The summed E-state index contributed by atoms with van der Waals surface area (Å²) in [5.74, 6) is -0.504. The van der Waals surface area contributed by atoms with Crippen LogP contribution in [-0.2, 0) is 0 Å². The molecule has 0 aliphatic carbocycles. The zero-order valence-electron chi connectivity index (χ0n) is 9.95. The van der Waals surface area contributed by atoms with E-state index in [2.05, 4.69) is 9.97 Å². The summed E-state index contributed by atoms with van der Waals surface area (Å²) < 4.78 is 13.3. The van der Waals surface area contributed by atoms with Gasteiger partial charge >= 0.3 is 0 Å². The molecule has 0 radical (unpaired) electrons. The number of aromatic amines is 1. The van der Waals surface area contributed by atoms with E-state index in [1.807, 2.05) is 0 Å². The first-order chi connectivity index (χ1) is 9.56. The molecule has 1 aromatic carbocycles. The molecule has 0 aliphatic heterocycles. The van der Waals surface area contributed by atoms with Crippen LogP contribution in [-0.4, -0.2) is 9.97 Å². The number of H-pyrrole nitrogens is 1. The van der Waals surface area contributed by atoms with Gasteiger partial charge in [-0.1, -0.05) is 23.2 Å². The number of nitrogens with zero attached hydrogens (tertiary/aromatic N) is 1. The summed E-state index contributed by atoms with van der Waals surface area (Å²) in [6.07, 6.45) is 1.53. The van der Waals surface area contributed by atoms with Crippen molar-refractivity contribution in [2.24, 2.45) is 0 Å². The molecule has 3 aromatic rings. The highest BCUT2D eigenvalue weighted by atomic mass is 35.5. The number of hydrogen-bond donors (Lipinski definition) is 1. The summed E-state index contributed by atoms with van der Waals surface area (Å²) in [5, 5.41) is 1.09. The minimum atomic E-state index is -0.504. The summed E-state index contributed by atoms with van der Waals surface area (Å²) in [5.41, 5.74) is 1.36. The van der Waals surface area contributed by atoms with Crippen LogP contribution >= 0.6 is 23.2 Å². The van der Waals surface area contributed by atoms with Gasteiger partial charge in [0.25, 0.3) is 0 Å². The van der Waals surface area contributed by atoms with Crippen molar-refractivity contribution in [1.29, 1.82) is 0 Å². The van der Waals surface area contributed by atoms with E-state index >= 15 is 0 Å². The maximum Gasteiger partial charge on any atom is 0.249 e. The van der Waals surface area contributed by atoms with Gasteiger partial charge in [-0.15, -0.1) is 0 Å². The Kier molecular flexibility index (Phi) is 3.20. The molecule has 0 spiro atoms. The van der Waals surface area contributed by atoms with Gasteiger partial charge in [0, 0.05) is 23.2 Å². The lowest BCUT2D eigenvalue weighted by Crippen LogP contribution is -2.04. The van der Waals surface area contributed by atoms with Gasteiger partial charge in [0.15, 0.2) is 0 Å². The second kappa shape index (κ2) is 4.89. The van der Waals surface area contributed by atoms with E-state index < -0.39 is 5.82 Å². The van der Waals surface area contributed by atoms with Crippen LogP contribution in [0.2, 0.25) is 10.0 Å². The Labute approximate surface area is 123 Å². The first-order valence-corrected chi connectivity index (χ1v) is 6.45. The van der Waals surface area contributed by atoms with E-state index in [0.29, 0.717) is 22.2 Å². The van der Waals surface area contributed by atoms with Crippen molar-refractivity contribution in [2.45, 2.75) is 0 Å². The third-order valence-electron chi connectivity index (χ3n) is 2.91. The lowest BCUT2D eigenvalue weighted by Gasteiger charge is -2.10. The Morgan fingerprint density at radius 3 is 2.50 bits per heavy atom. The number of nitrogens with one attached hydrogen (secondary N) is 1. The van der Waals surface area contributed by atoms with Crippen LogP contribution in [0.4, 0.5) is 4.39 Å². The molecule has 0 aliphatic rings. The highest BCUT2D eigenvalue weighted by molar-refractivity contribution is 6.39. The van der Waals surface area contributed by atoms with Crippen LogP contribution in [0.25, 0.3) is 22.2 Å². The maximum absolute atomic E-state index is 13.3. The Hall–Kier alpha value is -1.91. The third-order valence-corrected chi connectivity index (χ3v) is 3.51. The molecule has 3 nitrogen and oxygen atoms in total. The minimum absolute atomic E-state index is 0.203. The topological polar surface area (TPSA) is 45.8 Å². The van der Waals surface area contributed by atoms with E-state index in [-0.39, 0.29) is 15.6 Å². The van der Waals surface area contributed by atoms with Gasteiger partial charge < -0.3 is 4.98 Å². The lowest BCUT2D eigenvalue weighted by molar-refractivity contribution is 0.628. The zero-order valence-corrected chi connectivity index (χ0v) is 11.5. The molecule has 0 saturated heterocycles. The van der Waals surface area contributed by atoms with E-state index in [1.165, 1.54) is 24.4 Å². The average molecular weight is 309 g/mol. The smallest absolute Gasteiger partial charge is 0.249 e. The average Bonchev–Trinajstić information content (AvgIpc) is 2.37. The highest BCUT2D eigenvalue weighted by Crippen LogP contribution is 2.38. The SMILES string of the molecule is O=c1ccc2c(-c3c(Cl)cc(F)cc3Cl)ccnc2[nH]1. The van der Waals surface area contributed by atoms with Crippen LogP contribution < -0.4 is 5.56 Å². The van der Waals surface area contributed by atoms with Gasteiger partial charge in [-0.05, 0) is 29.8 Å². The summed E-state index contributed by atoms with van der Waals surface area (Å²) >= 11 is 12.2. The van der Waals surface area contributed by atoms with Crippen LogP contribution in [0, 0.1) is 5.82 Å². The van der Waals surface area contributed by atoms with Crippen molar-refractivity contribution in [2.75, 3.05) is 0 Å². The first kappa shape index (κ1) is 13.1. The predicted octanol–water partition coefficient (Wildman–Crippen LogP) is 4.04. The quantitative estimate of drug-likeness (QED) is 0.737.